The number of rotatable bonds is 11. The lowest BCUT2D eigenvalue weighted by Crippen LogP contribution is -2.13. The van der Waals surface area contributed by atoms with E-state index in [1.54, 1.807) is 0 Å². The number of hydrogen-bond donors (Lipinski definition) is 0. The third-order valence-corrected chi connectivity index (χ3v) is 17.3. The fourth-order valence-corrected chi connectivity index (χ4v) is 12.9. The van der Waals surface area contributed by atoms with Crippen LogP contribution in [0.3, 0.4) is 0 Å². The van der Waals surface area contributed by atoms with Crippen LogP contribution >= 0.6 is 0 Å². The molecule has 0 aliphatic heterocycles. The van der Waals surface area contributed by atoms with Crippen LogP contribution in [0, 0.1) is 13.8 Å². The van der Waals surface area contributed by atoms with E-state index in [0.717, 1.165) is 123 Å². The molecule has 4 nitrogen and oxygen atoms in total. The normalized spacial score (nSPS) is 11.6. The fourth-order valence-electron chi connectivity index (χ4n) is 12.9. The molecule has 406 valence electrons. The van der Waals surface area contributed by atoms with Crippen molar-refractivity contribution in [1.82, 2.24) is 0 Å². The average Bonchev–Trinajstić information content (AvgIpc) is 1.95. The summed E-state index contributed by atoms with van der Waals surface area (Å²) < 4.78 is 12.6. The minimum absolute atomic E-state index is 0.879. The summed E-state index contributed by atoms with van der Waals surface area (Å²) >= 11 is 0. The van der Waals surface area contributed by atoms with Gasteiger partial charge in [-0.05, 0) is 200 Å². The molecular weight excluding hydrogens is 1040 g/mol. The second kappa shape index (κ2) is 20.9. The minimum Gasteiger partial charge on any atom is -0.456 e. The van der Waals surface area contributed by atoms with Gasteiger partial charge in [-0.25, -0.2) is 0 Å². The summed E-state index contributed by atoms with van der Waals surface area (Å²) in [5, 5.41) is 9.35. The predicted octanol–water partition coefficient (Wildman–Crippen LogP) is 23.7. The molecule has 0 aliphatic carbocycles. The number of anilines is 6. The number of fused-ring (bicyclic) bond motifs is 8. The van der Waals surface area contributed by atoms with Crippen LogP contribution in [0.5, 0.6) is 0 Å². The fraction of sp³-hybridized carbons (Fsp3) is 0.0244. The number of furan rings is 2. The highest BCUT2D eigenvalue weighted by Gasteiger charge is 2.23. The van der Waals surface area contributed by atoms with Crippen molar-refractivity contribution in [2.75, 3.05) is 9.80 Å². The van der Waals surface area contributed by atoms with E-state index in [1.165, 1.54) is 43.8 Å². The van der Waals surface area contributed by atoms with Crippen molar-refractivity contribution in [1.29, 1.82) is 0 Å². The molecule has 0 saturated carbocycles. The number of benzene rings is 14. The number of para-hydroxylation sites is 4. The molecule has 86 heavy (non-hydrogen) atoms. The molecule has 0 atom stereocenters. The zero-order valence-corrected chi connectivity index (χ0v) is 47.6. The van der Waals surface area contributed by atoms with Crippen molar-refractivity contribution >= 4 is 99.5 Å². The Bertz CT molecular complexity index is 4950. The summed E-state index contributed by atoms with van der Waals surface area (Å²) in [4.78, 5) is 4.86. The molecule has 14 aromatic carbocycles. The van der Waals surface area contributed by atoms with Gasteiger partial charge in [-0.2, -0.15) is 0 Å². The largest absolute Gasteiger partial charge is 0.456 e. The molecule has 0 amide bonds. The van der Waals surface area contributed by atoms with E-state index in [9.17, 15) is 0 Å². The molecule has 0 bridgehead atoms. The van der Waals surface area contributed by atoms with Gasteiger partial charge in [0.25, 0.3) is 0 Å². The molecular formula is C82H56N2O2. The second-order valence-corrected chi connectivity index (χ2v) is 22.5. The van der Waals surface area contributed by atoms with Crippen molar-refractivity contribution in [3.63, 3.8) is 0 Å². The first kappa shape index (κ1) is 50.5. The molecule has 4 heteroatoms. The van der Waals surface area contributed by atoms with E-state index in [-0.39, 0.29) is 0 Å². The van der Waals surface area contributed by atoms with Gasteiger partial charge in [0.15, 0.2) is 0 Å². The Hall–Kier alpha value is -11.2. The van der Waals surface area contributed by atoms with Crippen molar-refractivity contribution in [3.8, 4) is 55.6 Å². The lowest BCUT2D eigenvalue weighted by Gasteiger charge is -2.30. The molecule has 2 aromatic heterocycles. The number of aryl methyl sites for hydroxylation is 2. The highest BCUT2D eigenvalue weighted by Crippen LogP contribution is 2.47. The first-order valence-corrected chi connectivity index (χ1v) is 29.4. The lowest BCUT2D eigenvalue weighted by atomic mass is 9.96. The molecule has 0 unspecified atom stereocenters. The van der Waals surface area contributed by atoms with E-state index in [4.69, 9.17) is 8.83 Å². The van der Waals surface area contributed by atoms with Crippen molar-refractivity contribution in [3.05, 3.63) is 314 Å². The zero-order valence-electron chi connectivity index (χ0n) is 47.6. The van der Waals surface area contributed by atoms with Crippen molar-refractivity contribution in [2.24, 2.45) is 0 Å². The molecule has 0 spiro atoms. The van der Waals surface area contributed by atoms with Gasteiger partial charge in [-0.15, -0.1) is 0 Å². The standard InChI is InChI=1S/C82H56N2O2/c1-53-47-61(35-43-75(53)83(67-39-31-57(32-40-67)63-29-27-55-15-3-5-17-59(55)49-63)77-23-11-7-19-69(77)65-37-45-81-73(51-65)71-21-9-13-25-79(71)85-81)62-36-44-76(54(2)48-62)84(68-41-33-58(34-42-68)64-30-28-56-16-4-6-18-60(56)50-64)78-24-12-8-20-70(78)66-38-46-82-74(52-66)72-22-10-14-26-80(72)86-82/h3-52H,1-2H3. The van der Waals surface area contributed by atoms with Crippen molar-refractivity contribution < 1.29 is 8.83 Å². The predicted molar refractivity (Wildman–Crippen MR) is 362 cm³/mol. The highest BCUT2D eigenvalue weighted by atomic mass is 16.3. The SMILES string of the molecule is Cc1cc(-c2ccc(N(c3ccc(-c4ccc5ccccc5c4)cc3)c3ccccc3-c3ccc4oc5ccccc5c4c3)c(C)c2)ccc1N(c1ccc(-c2ccc3ccccc3c2)cc1)c1ccccc1-c1ccc2oc3ccccc3c2c1. The molecule has 0 aliphatic rings. The van der Waals surface area contributed by atoms with E-state index in [1.807, 2.05) is 24.3 Å². The molecule has 0 N–H and O–H groups in total. The maximum absolute atomic E-state index is 6.31. The quantitative estimate of drug-likeness (QED) is 0.129. The Kier molecular flexibility index (Phi) is 12.3. The average molecular weight is 1100 g/mol. The Labute approximate surface area is 499 Å². The Morgan fingerprint density at radius 3 is 1.00 bits per heavy atom. The van der Waals surface area contributed by atoms with Crippen LogP contribution in [0.15, 0.2) is 312 Å². The Morgan fingerprint density at radius 1 is 0.221 bits per heavy atom. The van der Waals surface area contributed by atoms with Crippen LogP contribution in [0.2, 0.25) is 0 Å². The third kappa shape index (κ3) is 8.95. The van der Waals surface area contributed by atoms with Crippen LogP contribution in [-0.2, 0) is 0 Å². The third-order valence-electron chi connectivity index (χ3n) is 17.3. The molecule has 0 saturated heterocycles. The van der Waals surface area contributed by atoms with Gasteiger partial charge in [0.2, 0.25) is 0 Å². The monoisotopic (exact) mass is 1100 g/mol. The second-order valence-electron chi connectivity index (χ2n) is 22.5. The lowest BCUT2D eigenvalue weighted by molar-refractivity contribution is 0.668. The summed E-state index contributed by atoms with van der Waals surface area (Å²) in [6.07, 6.45) is 0. The Morgan fingerprint density at radius 2 is 0.558 bits per heavy atom. The zero-order chi connectivity index (χ0) is 57.2. The highest BCUT2D eigenvalue weighted by molar-refractivity contribution is 6.08. The first-order chi connectivity index (χ1) is 42.4. The molecule has 0 fully saturated rings. The summed E-state index contributed by atoms with van der Waals surface area (Å²) in [5.74, 6) is 0. The van der Waals surface area contributed by atoms with Gasteiger partial charge >= 0.3 is 0 Å². The molecule has 0 radical (unpaired) electrons. The maximum Gasteiger partial charge on any atom is 0.135 e. The topological polar surface area (TPSA) is 32.8 Å². The van der Waals surface area contributed by atoms with E-state index >= 15 is 0 Å². The van der Waals surface area contributed by atoms with Gasteiger partial charge in [-0.1, -0.05) is 194 Å². The van der Waals surface area contributed by atoms with Crippen LogP contribution in [-0.4, -0.2) is 0 Å². The van der Waals surface area contributed by atoms with Crippen LogP contribution in [0.1, 0.15) is 11.1 Å². The molecule has 16 aromatic rings. The van der Waals surface area contributed by atoms with Gasteiger partial charge in [0.05, 0.1) is 11.4 Å². The summed E-state index contributed by atoms with van der Waals surface area (Å²) in [5.41, 5.74) is 23.8. The summed E-state index contributed by atoms with van der Waals surface area (Å²) in [6, 6.07) is 110. The molecule has 2 heterocycles. The maximum atomic E-state index is 6.31. The minimum atomic E-state index is 0.879. The van der Waals surface area contributed by atoms with Crippen LogP contribution < -0.4 is 9.80 Å². The van der Waals surface area contributed by atoms with Gasteiger partial charge in [0.1, 0.15) is 22.3 Å². The van der Waals surface area contributed by atoms with E-state index < -0.39 is 0 Å². The summed E-state index contributed by atoms with van der Waals surface area (Å²) in [7, 11) is 0. The number of nitrogens with zero attached hydrogens (tertiary/aromatic N) is 2. The van der Waals surface area contributed by atoms with E-state index in [0.29, 0.717) is 0 Å². The van der Waals surface area contributed by atoms with Crippen molar-refractivity contribution in [2.45, 2.75) is 13.8 Å². The van der Waals surface area contributed by atoms with E-state index in [2.05, 4.69) is 303 Å². The number of hydrogen-bond acceptors (Lipinski definition) is 4. The van der Waals surface area contributed by atoms with Crippen LogP contribution in [0.25, 0.3) is 121 Å². The molecule has 16 rings (SSSR count). The smallest absolute Gasteiger partial charge is 0.135 e. The van der Waals surface area contributed by atoms with Gasteiger partial charge in [-0.3, -0.25) is 0 Å². The first-order valence-electron chi connectivity index (χ1n) is 29.4. The summed E-state index contributed by atoms with van der Waals surface area (Å²) in [6.45, 7) is 4.49. The van der Waals surface area contributed by atoms with Gasteiger partial charge < -0.3 is 18.6 Å². The van der Waals surface area contributed by atoms with Gasteiger partial charge in [0, 0.05) is 55.4 Å². The Balaban J connectivity index is 0.794. The van der Waals surface area contributed by atoms with Crippen LogP contribution in [0.4, 0.5) is 34.1 Å².